The van der Waals surface area contributed by atoms with E-state index < -0.39 is 0 Å². The van der Waals surface area contributed by atoms with Crippen LogP contribution in [0.1, 0.15) is 40.6 Å². The van der Waals surface area contributed by atoms with Gasteiger partial charge < -0.3 is 9.80 Å². The highest BCUT2D eigenvalue weighted by molar-refractivity contribution is 7.13. The second-order valence-electron chi connectivity index (χ2n) is 7.43. The Kier molecular flexibility index (Phi) is 3.93. The van der Waals surface area contributed by atoms with Gasteiger partial charge in [-0.25, -0.2) is 4.98 Å². The van der Waals surface area contributed by atoms with Crippen molar-refractivity contribution in [1.29, 1.82) is 0 Å². The smallest absolute Gasteiger partial charge is 0.175 e. The Hall–Kier alpha value is -0.780. The number of Topliss-reactive ketones (excluding diaryl/α,β-unsaturated/α-hetero) is 1. The van der Waals surface area contributed by atoms with Gasteiger partial charge >= 0.3 is 0 Å². The van der Waals surface area contributed by atoms with E-state index in [1.165, 1.54) is 0 Å². The maximum Gasteiger partial charge on any atom is 0.175 e. The highest BCUT2D eigenvalue weighted by Crippen LogP contribution is 2.37. The molecule has 1 aliphatic heterocycles. The SMILES string of the molecule is CN1CCN(C)C(Cc2nc3c(s2)C(=O)CC(C)(C)C3)C1. The second kappa shape index (κ2) is 5.45. The molecule has 1 atom stereocenters. The summed E-state index contributed by atoms with van der Waals surface area (Å²) in [6.45, 7) is 7.65. The Morgan fingerprint density at radius 1 is 1.29 bits per heavy atom. The minimum absolute atomic E-state index is 0.0667. The summed E-state index contributed by atoms with van der Waals surface area (Å²) < 4.78 is 0. The zero-order valence-corrected chi connectivity index (χ0v) is 14.3. The van der Waals surface area contributed by atoms with Gasteiger partial charge in [-0.3, -0.25) is 4.79 Å². The van der Waals surface area contributed by atoms with E-state index in [4.69, 9.17) is 4.98 Å². The highest BCUT2D eigenvalue weighted by Gasteiger charge is 2.34. The highest BCUT2D eigenvalue weighted by atomic mass is 32.1. The summed E-state index contributed by atoms with van der Waals surface area (Å²) in [6.07, 6.45) is 2.56. The third-order valence-corrected chi connectivity index (χ3v) is 5.83. The molecular weight excluding hydrogens is 282 g/mol. The lowest BCUT2D eigenvalue weighted by atomic mass is 9.78. The lowest BCUT2D eigenvalue weighted by Gasteiger charge is -2.37. The fourth-order valence-electron chi connectivity index (χ4n) is 3.38. The van der Waals surface area contributed by atoms with Crippen LogP contribution < -0.4 is 0 Å². The molecule has 0 radical (unpaired) electrons. The molecule has 5 heteroatoms. The molecule has 0 N–H and O–H groups in total. The number of likely N-dealkylation sites (N-methyl/N-ethyl adjacent to an activating group) is 2. The second-order valence-corrected chi connectivity index (χ2v) is 8.51. The van der Waals surface area contributed by atoms with Crippen LogP contribution in [0.2, 0.25) is 0 Å². The van der Waals surface area contributed by atoms with Crippen LogP contribution in [0.15, 0.2) is 0 Å². The fourth-order valence-corrected chi connectivity index (χ4v) is 4.47. The van der Waals surface area contributed by atoms with Gasteiger partial charge in [0.2, 0.25) is 0 Å². The molecule has 1 aromatic heterocycles. The maximum atomic E-state index is 12.3. The van der Waals surface area contributed by atoms with Crippen molar-refractivity contribution >= 4 is 17.1 Å². The van der Waals surface area contributed by atoms with Gasteiger partial charge in [0.05, 0.1) is 15.6 Å². The average Bonchev–Trinajstić information content (AvgIpc) is 2.75. The first-order valence-corrected chi connectivity index (χ1v) is 8.56. The monoisotopic (exact) mass is 307 g/mol. The molecule has 2 heterocycles. The molecular formula is C16H25N3OS. The van der Waals surface area contributed by atoms with Crippen molar-refractivity contribution < 1.29 is 4.79 Å². The van der Waals surface area contributed by atoms with E-state index in [1.807, 2.05) is 0 Å². The van der Waals surface area contributed by atoms with Crippen molar-refractivity contribution in [2.75, 3.05) is 33.7 Å². The number of carbonyl (C=O) groups is 1. The fraction of sp³-hybridized carbons (Fsp3) is 0.750. The van der Waals surface area contributed by atoms with Crippen LogP contribution in [0.5, 0.6) is 0 Å². The van der Waals surface area contributed by atoms with Gasteiger partial charge in [-0.15, -0.1) is 11.3 Å². The Morgan fingerprint density at radius 2 is 2.05 bits per heavy atom. The predicted octanol–water partition coefficient (Wildman–Crippen LogP) is 2.09. The number of nitrogens with zero attached hydrogens (tertiary/aromatic N) is 3. The lowest BCUT2D eigenvalue weighted by molar-refractivity contribution is 0.0916. The summed E-state index contributed by atoms with van der Waals surface area (Å²) in [4.78, 5) is 22.8. The van der Waals surface area contributed by atoms with Gasteiger partial charge in [-0.1, -0.05) is 13.8 Å². The number of hydrogen-bond acceptors (Lipinski definition) is 5. The molecule has 1 fully saturated rings. The molecule has 4 nitrogen and oxygen atoms in total. The molecule has 116 valence electrons. The minimum Gasteiger partial charge on any atom is -0.304 e. The minimum atomic E-state index is 0.0667. The molecule has 0 saturated carbocycles. The van der Waals surface area contributed by atoms with Crippen molar-refractivity contribution in [3.05, 3.63) is 15.6 Å². The van der Waals surface area contributed by atoms with E-state index in [0.29, 0.717) is 18.2 Å². The van der Waals surface area contributed by atoms with Crippen molar-refractivity contribution in [1.82, 2.24) is 14.8 Å². The van der Waals surface area contributed by atoms with Crippen LogP contribution in [0.3, 0.4) is 0 Å². The molecule has 1 aromatic rings. The van der Waals surface area contributed by atoms with Gasteiger partial charge in [-0.05, 0) is 25.9 Å². The van der Waals surface area contributed by atoms with E-state index >= 15 is 0 Å². The molecule has 0 aromatic carbocycles. The van der Waals surface area contributed by atoms with Crippen LogP contribution in [-0.2, 0) is 12.8 Å². The van der Waals surface area contributed by atoms with Gasteiger partial charge in [0.15, 0.2) is 5.78 Å². The van der Waals surface area contributed by atoms with E-state index in [-0.39, 0.29) is 5.41 Å². The van der Waals surface area contributed by atoms with E-state index in [2.05, 4.69) is 37.7 Å². The van der Waals surface area contributed by atoms with Crippen LogP contribution in [-0.4, -0.2) is 60.3 Å². The van der Waals surface area contributed by atoms with Crippen LogP contribution in [0, 0.1) is 5.41 Å². The first-order valence-electron chi connectivity index (χ1n) is 7.75. The molecule has 1 saturated heterocycles. The zero-order chi connectivity index (χ0) is 15.2. The van der Waals surface area contributed by atoms with Crippen molar-refractivity contribution in [3.63, 3.8) is 0 Å². The standard InChI is InChI=1S/C16H25N3OS/c1-16(2)8-12-15(13(20)9-16)21-14(17-12)7-11-10-18(3)5-6-19(11)4/h11H,5-10H2,1-4H3. The normalized spacial score (nSPS) is 26.9. The number of aromatic nitrogens is 1. The Balaban J connectivity index is 1.77. The van der Waals surface area contributed by atoms with Gasteiger partial charge in [0, 0.05) is 38.5 Å². The van der Waals surface area contributed by atoms with E-state index in [9.17, 15) is 4.79 Å². The summed E-state index contributed by atoms with van der Waals surface area (Å²) in [5.41, 5.74) is 1.11. The molecule has 0 bridgehead atoms. The molecule has 2 aliphatic rings. The molecule has 0 amide bonds. The Morgan fingerprint density at radius 3 is 2.81 bits per heavy atom. The maximum absolute atomic E-state index is 12.3. The molecule has 21 heavy (non-hydrogen) atoms. The van der Waals surface area contributed by atoms with E-state index in [0.717, 1.165) is 48.1 Å². The topological polar surface area (TPSA) is 36.4 Å². The predicted molar refractivity (Wildman–Crippen MR) is 86.2 cm³/mol. The number of hydrogen-bond donors (Lipinski definition) is 0. The number of carbonyl (C=O) groups excluding carboxylic acids is 1. The quantitative estimate of drug-likeness (QED) is 0.838. The van der Waals surface area contributed by atoms with Crippen LogP contribution >= 0.6 is 11.3 Å². The van der Waals surface area contributed by atoms with Crippen LogP contribution in [0.4, 0.5) is 0 Å². The van der Waals surface area contributed by atoms with Crippen molar-refractivity contribution in [2.45, 2.75) is 39.2 Å². The summed E-state index contributed by atoms with van der Waals surface area (Å²) in [7, 11) is 4.37. The number of thiazole rings is 1. The largest absolute Gasteiger partial charge is 0.304 e. The summed E-state index contributed by atoms with van der Waals surface area (Å²) >= 11 is 1.64. The summed E-state index contributed by atoms with van der Waals surface area (Å²) in [5, 5.41) is 1.14. The molecule has 1 aliphatic carbocycles. The molecule has 0 spiro atoms. The third-order valence-electron chi connectivity index (χ3n) is 4.67. The van der Waals surface area contributed by atoms with Gasteiger partial charge in [0.1, 0.15) is 0 Å². The molecule has 3 rings (SSSR count). The number of piperazine rings is 1. The summed E-state index contributed by atoms with van der Waals surface area (Å²) in [6, 6.07) is 0.513. The number of fused-ring (bicyclic) bond motifs is 1. The number of ketones is 1. The summed E-state index contributed by atoms with van der Waals surface area (Å²) in [5.74, 6) is 0.291. The Labute approximate surface area is 131 Å². The first-order chi connectivity index (χ1) is 9.84. The Bertz CT molecular complexity index is 552. The first kappa shape index (κ1) is 15.1. The van der Waals surface area contributed by atoms with Crippen molar-refractivity contribution in [2.24, 2.45) is 5.41 Å². The lowest BCUT2D eigenvalue weighted by Crippen LogP contribution is -2.50. The number of rotatable bonds is 2. The van der Waals surface area contributed by atoms with Gasteiger partial charge in [0.25, 0.3) is 0 Å². The van der Waals surface area contributed by atoms with Crippen LogP contribution in [0.25, 0.3) is 0 Å². The van der Waals surface area contributed by atoms with E-state index in [1.54, 1.807) is 11.3 Å². The third kappa shape index (κ3) is 3.20. The molecule has 1 unspecified atom stereocenters. The average molecular weight is 307 g/mol. The van der Waals surface area contributed by atoms with Crippen molar-refractivity contribution in [3.8, 4) is 0 Å². The van der Waals surface area contributed by atoms with Gasteiger partial charge in [-0.2, -0.15) is 0 Å². The zero-order valence-electron chi connectivity index (χ0n) is 13.5.